The number of nitrogens with zero attached hydrogens (tertiary/aromatic N) is 1. The maximum absolute atomic E-state index is 13.9. The van der Waals surface area contributed by atoms with Crippen LogP contribution in [0.1, 0.15) is 114 Å². The van der Waals surface area contributed by atoms with E-state index in [-0.39, 0.29) is 32.9 Å². The molecule has 8 atom stereocenters. The summed E-state index contributed by atoms with van der Waals surface area (Å²) in [6.45, 7) is 30.7. The van der Waals surface area contributed by atoms with Crippen LogP contribution >= 0.6 is 0 Å². The molecule has 4 aliphatic rings. The average molecular weight is 576 g/mol. The maximum atomic E-state index is 13.9. The Morgan fingerprint density at radius 1 is 0.923 bits per heavy atom. The van der Waals surface area contributed by atoms with Crippen molar-refractivity contribution in [3.8, 4) is 0 Å². The highest BCUT2D eigenvalue weighted by atomic mass is 28.4. The maximum Gasteiger partial charge on any atom is 0.214 e. The Morgan fingerprint density at radius 2 is 1.51 bits per heavy atom. The first-order valence-electron chi connectivity index (χ1n) is 16.2. The van der Waals surface area contributed by atoms with E-state index in [2.05, 4.69) is 93.1 Å². The van der Waals surface area contributed by atoms with Crippen molar-refractivity contribution in [1.82, 2.24) is 4.57 Å². The molecular weight excluding hydrogens is 515 g/mol. The molecule has 1 amide bonds. The van der Waals surface area contributed by atoms with E-state index in [0.29, 0.717) is 48.4 Å². The molecule has 4 fully saturated rings. The van der Waals surface area contributed by atoms with Crippen LogP contribution < -0.4 is 0 Å². The van der Waals surface area contributed by atoms with E-state index in [4.69, 9.17) is 4.43 Å². The van der Waals surface area contributed by atoms with Gasteiger partial charge in [0.05, 0.1) is 6.10 Å². The SMILES string of the molecule is CCC(=O)[C@H]1C[C@H]2N([Si](C)(C)C(C)(C)C)C(=O)CC[C@]2(C)[C@H]2CC[C@]3(C)[C@@H](O[Si](C)(C)C(C)(C)C)CC[C@H]3[C@H]12. The Labute approximate surface area is 243 Å². The molecule has 1 aliphatic heterocycles. The van der Waals surface area contributed by atoms with Gasteiger partial charge in [0.25, 0.3) is 0 Å². The molecule has 0 aromatic carbocycles. The van der Waals surface area contributed by atoms with Crippen molar-refractivity contribution in [1.29, 1.82) is 0 Å². The molecule has 3 saturated carbocycles. The molecule has 0 bridgehead atoms. The largest absolute Gasteiger partial charge is 0.413 e. The fraction of sp³-hybridized carbons (Fsp3) is 0.939. The molecule has 0 radical (unpaired) electrons. The predicted octanol–water partition coefficient (Wildman–Crippen LogP) is 8.82. The number of hydrogen-bond donors (Lipinski definition) is 0. The second kappa shape index (κ2) is 9.79. The average Bonchev–Trinajstić information content (AvgIpc) is 3.12. The lowest BCUT2D eigenvalue weighted by atomic mass is 9.44. The fourth-order valence-corrected chi connectivity index (χ4v) is 13.3. The number of hydrogen-bond acceptors (Lipinski definition) is 3. The van der Waals surface area contributed by atoms with Crippen LogP contribution in [-0.2, 0) is 14.0 Å². The first-order chi connectivity index (χ1) is 17.6. The van der Waals surface area contributed by atoms with Crippen molar-refractivity contribution in [3.63, 3.8) is 0 Å². The lowest BCUT2D eigenvalue weighted by molar-refractivity contribution is -0.169. The topological polar surface area (TPSA) is 46.6 Å². The summed E-state index contributed by atoms with van der Waals surface area (Å²) in [4.78, 5) is 27.6. The second-order valence-electron chi connectivity index (χ2n) is 17.5. The molecule has 0 aromatic rings. The van der Waals surface area contributed by atoms with Crippen molar-refractivity contribution in [2.24, 2.45) is 34.5 Å². The summed E-state index contributed by atoms with van der Waals surface area (Å²) >= 11 is 0. The van der Waals surface area contributed by atoms with Gasteiger partial charge in [0.2, 0.25) is 5.91 Å². The van der Waals surface area contributed by atoms with E-state index >= 15 is 0 Å². The first-order valence-corrected chi connectivity index (χ1v) is 22.0. The minimum absolute atomic E-state index is 0.0764. The van der Waals surface area contributed by atoms with Crippen molar-refractivity contribution < 1.29 is 14.0 Å². The second-order valence-corrected chi connectivity index (χ2v) is 27.4. The fourth-order valence-electron chi connectivity index (χ4n) is 9.21. The number of carbonyl (C=O) groups excluding carboxylic acids is 2. The van der Waals surface area contributed by atoms with Gasteiger partial charge < -0.3 is 8.99 Å². The van der Waals surface area contributed by atoms with Crippen LogP contribution in [0.4, 0.5) is 0 Å². The number of ketones is 1. The molecule has 224 valence electrons. The van der Waals surface area contributed by atoms with Crippen LogP contribution in [0.3, 0.4) is 0 Å². The molecule has 1 heterocycles. The zero-order chi connectivity index (χ0) is 29.6. The van der Waals surface area contributed by atoms with Crippen molar-refractivity contribution in [3.05, 3.63) is 0 Å². The number of amides is 1. The minimum Gasteiger partial charge on any atom is -0.413 e. The van der Waals surface area contributed by atoms with Gasteiger partial charge in [-0.15, -0.1) is 0 Å². The van der Waals surface area contributed by atoms with E-state index in [0.717, 1.165) is 19.3 Å². The van der Waals surface area contributed by atoms with Crippen LogP contribution in [0.25, 0.3) is 0 Å². The van der Waals surface area contributed by atoms with Crippen LogP contribution in [0.5, 0.6) is 0 Å². The standard InChI is InChI=1S/C33H61NO3Si2/c1-14-25(35)22-21-26-32(8,20-18-28(36)34(26)38(10,11)30(2,3)4)24-17-19-33(9)23(29(22)24)15-16-27(33)37-39(12,13)31(5,6)7/h22-24,26-27,29H,14-21H2,1-13H3/t22-,23+,24+,26-,27+,29+,32-,33+/m1/s1. The Kier molecular flexibility index (Phi) is 7.90. The quantitative estimate of drug-likeness (QED) is 0.308. The normalized spacial score (nSPS) is 39.7. The van der Waals surface area contributed by atoms with Gasteiger partial charge in [-0.1, -0.05) is 75.4 Å². The summed E-state index contributed by atoms with van der Waals surface area (Å²) in [6.07, 6.45) is 8.16. The molecule has 6 heteroatoms. The van der Waals surface area contributed by atoms with E-state index in [1.54, 1.807) is 0 Å². The molecule has 0 spiro atoms. The monoisotopic (exact) mass is 575 g/mol. The van der Waals surface area contributed by atoms with Crippen LogP contribution in [0.2, 0.25) is 36.3 Å². The third-order valence-electron chi connectivity index (χ3n) is 13.7. The van der Waals surface area contributed by atoms with Crippen LogP contribution in [0, 0.1) is 34.5 Å². The molecule has 0 unspecified atom stereocenters. The van der Waals surface area contributed by atoms with E-state index in [1.165, 1.54) is 19.3 Å². The summed E-state index contributed by atoms with van der Waals surface area (Å²) in [5.41, 5.74) is 0.244. The van der Waals surface area contributed by atoms with E-state index in [9.17, 15) is 9.59 Å². The summed E-state index contributed by atoms with van der Waals surface area (Å²) in [6, 6.07) is 0.200. The minimum atomic E-state index is -2.09. The lowest BCUT2D eigenvalue weighted by Crippen LogP contribution is -2.71. The highest BCUT2D eigenvalue weighted by Crippen LogP contribution is 2.67. The summed E-state index contributed by atoms with van der Waals surface area (Å²) in [5.74, 6) is 2.37. The number of rotatable bonds is 5. The Bertz CT molecular complexity index is 978. The number of piperidine rings is 1. The summed E-state index contributed by atoms with van der Waals surface area (Å²) < 4.78 is 9.61. The lowest BCUT2D eigenvalue weighted by Gasteiger charge is -2.66. The van der Waals surface area contributed by atoms with Gasteiger partial charge in [-0.2, -0.15) is 0 Å². The molecular formula is C33H61NO3Si2. The van der Waals surface area contributed by atoms with Gasteiger partial charge in [0.1, 0.15) is 5.78 Å². The van der Waals surface area contributed by atoms with Gasteiger partial charge >= 0.3 is 0 Å². The number of carbonyl (C=O) groups is 2. The highest BCUT2D eigenvalue weighted by molar-refractivity contribution is 6.79. The Balaban J connectivity index is 1.75. The van der Waals surface area contributed by atoms with Crippen molar-refractivity contribution in [2.45, 2.75) is 162 Å². The van der Waals surface area contributed by atoms with Gasteiger partial charge in [0.15, 0.2) is 16.6 Å². The van der Waals surface area contributed by atoms with E-state index < -0.39 is 16.6 Å². The zero-order valence-corrected chi connectivity index (χ0v) is 29.8. The third-order valence-corrected chi connectivity index (χ3v) is 23.6. The first kappa shape index (κ1) is 31.5. The van der Waals surface area contributed by atoms with Crippen LogP contribution in [-0.4, -0.2) is 45.0 Å². The molecule has 4 nitrogen and oxygen atoms in total. The highest BCUT2D eigenvalue weighted by Gasteiger charge is 2.66. The smallest absolute Gasteiger partial charge is 0.214 e. The Hall–Kier alpha value is -0.466. The summed E-state index contributed by atoms with van der Waals surface area (Å²) in [7, 11) is -3.98. The van der Waals surface area contributed by atoms with Gasteiger partial charge in [-0.25, -0.2) is 0 Å². The van der Waals surface area contributed by atoms with Crippen LogP contribution in [0.15, 0.2) is 0 Å². The third kappa shape index (κ3) is 4.78. The Morgan fingerprint density at radius 3 is 2.05 bits per heavy atom. The molecule has 39 heavy (non-hydrogen) atoms. The summed E-state index contributed by atoms with van der Waals surface area (Å²) in [5, 5.41) is 0.291. The molecule has 1 saturated heterocycles. The van der Waals surface area contributed by atoms with E-state index in [1.807, 2.05) is 0 Å². The molecule has 3 aliphatic carbocycles. The number of Topliss-reactive ketones (excluding diaryl/α,β-unsaturated/α-hetero) is 1. The molecule has 0 aromatic heterocycles. The van der Waals surface area contributed by atoms with Crippen molar-refractivity contribution in [2.75, 3.05) is 0 Å². The van der Waals surface area contributed by atoms with Gasteiger partial charge in [-0.05, 0) is 90.3 Å². The zero-order valence-electron chi connectivity index (χ0n) is 27.8. The van der Waals surface area contributed by atoms with Gasteiger partial charge in [0, 0.05) is 24.8 Å². The molecule has 4 rings (SSSR count). The molecule has 0 N–H and O–H groups in total. The number of fused-ring (bicyclic) bond motifs is 5. The van der Waals surface area contributed by atoms with Crippen molar-refractivity contribution >= 4 is 28.2 Å². The predicted molar refractivity (Wildman–Crippen MR) is 168 cm³/mol. The van der Waals surface area contributed by atoms with Gasteiger partial charge in [-0.3, -0.25) is 9.59 Å².